The molecule has 26 heavy (non-hydrogen) atoms. The van der Waals surface area contributed by atoms with E-state index in [1.165, 1.54) is 13.2 Å². The molecule has 3 amide bonds. The number of amides is 3. The Labute approximate surface area is 159 Å². The van der Waals surface area contributed by atoms with E-state index in [0.29, 0.717) is 31.1 Å². The Morgan fingerprint density at radius 3 is 2.38 bits per heavy atom. The highest BCUT2D eigenvalue weighted by Crippen LogP contribution is 2.14. The second-order valence-corrected chi connectivity index (χ2v) is 6.31. The summed E-state index contributed by atoms with van der Waals surface area (Å²) < 4.78 is 4.91. The van der Waals surface area contributed by atoms with Crippen molar-refractivity contribution in [2.75, 3.05) is 20.3 Å². The molecule has 0 aromatic carbocycles. The number of unbranched alkanes of at least 4 members (excludes halogenated alkanes) is 1. The highest BCUT2D eigenvalue weighted by molar-refractivity contribution is 9.12. The van der Waals surface area contributed by atoms with Crippen LogP contribution in [-0.4, -0.2) is 54.8 Å². The average molecular weight is 433 g/mol. The van der Waals surface area contributed by atoms with Crippen molar-refractivity contribution >= 4 is 45.4 Å². The number of methoxy groups -OCH3 is 1. The van der Waals surface area contributed by atoms with Crippen molar-refractivity contribution in [3.05, 3.63) is 10.6 Å². The Balaban J connectivity index is 2.23. The fraction of sp³-hybridized carbons (Fsp3) is 0.562. The number of allylic oxidation sites excluding steroid dienone is 1. The summed E-state index contributed by atoms with van der Waals surface area (Å²) in [6.07, 6.45) is 2.15. The van der Waals surface area contributed by atoms with E-state index in [1.54, 1.807) is 0 Å². The number of rotatable bonds is 11. The molecule has 1 aliphatic heterocycles. The predicted molar refractivity (Wildman–Crippen MR) is 92.5 cm³/mol. The van der Waals surface area contributed by atoms with Gasteiger partial charge in [-0.1, -0.05) is 0 Å². The summed E-state index contributed by atoms with van der Waals surface area (Å²) in [5, 5.41) is 3.06. The zero-order valence-electron chi connectivity index (χ0n) is 14.4. The second kappa shape index (κ2) is 11.5. The van der Waals surface area contributed by atoms with Gasteiger partial charge in [-0.2, -0.15) is 0 Å². The van der Waals surface area contributed by atoms with E-state index in [9.17, 15) is 24.0 Å². The smallest absolute Gasteiger partial charge is 0.333 e. The predicted octanol–water partition coefficient (Wildman–Crippen LogP) is 0.764. The van der Waals surface area contributed by atoms with Crippen LogP contribution in [0.25, 0.3) is 0 Å². The molecule has 0 radical (unpaired) electrons. The van der Waals surface area contributed by atoms with E-state index in [1.807, 2.05) is 0 Å². The minimum Gasteiger partial charge on any atom is -0.383 e. The first-order valence-corrected chi connectivity index (χ1v) is 8.88. The summed E-state index contributed by atoms with van der Waals surface area (Å²) >= 11 is 3.03. The monoisotopic (exact) mass is 432 g/mol. The van der Waals surface area contributed by atoms with Crippen molar-refractivity contribution in [3.8, 4) is 0 Å². The summed E-state index contributed by atoms with van der Waals surface area (Å²) in [6, 6.07) is 0. The van der Waals surface area contributed by atoms with Crippen molar-refractivity contribution in [1.82, 2.24) is 10.4 Å². The number of halogens is 1. The lowest BCUT2D eigenvalue weighted by molar-refractivity contribution is -0.197. The molecule has 9 nitrogen and oxygen atoms in total. The van der Waals surface area contributed by atoms with Gasteiger partial charge in [0.15, 0.2) is 5.78 Å². The normalized spacial score (nSPS) is 14.5. The van der Waals surface area contributed by atoms with Gasteiger partial charge < -0.3 is 14.9 Å². The molecule has 1 rings (SSSR count). The van der Waals surface area contributed by atoms with Crippen molar-refractivity contribution in [2.24, 2.45) is 0 Å². The van der Waals surface area contributed by atoms with Crippen LogP contribution in [0, 0.1) is 0 Å². The molecule has 144 valence electrons. The second-order valence-electron chi connectivity index (χ2n) is 5.46. The number of nitrogens with one attached hydrogen (secondary N) is 1. The summed E-state index contributed by atoms with van der Waals surface area (Å²) in [5.41, 5.74) is 0. The minimum atomic E-state index is -0.699. The van der Waals surface area contributed by atoms with Crippen molar-refractivity contribution in [2.45, 2.75) is 38.5 Å². The van der Waals surface area contributed by atoms with E-state index in [4.69, 9.17) is 9.57 Å². The first-order valence-electron chi connectivity index (χ1n) is 8.09. The van der Waals surface area contributed by atoms with Gasteiger partial charge in [-0.3, -0.25) is 19.2 Å². The Morgan fingerprint density at radius 2 is 1.77 bits per heavy atom. The SMILES string of the molecule is COCCNC(=O)/C(Br)=C\C(=O)CCCCC(=O)ON1C(=O)CCC1=O. The standard InChI is InChI=1S/C16H21BrN2O7/c1-25-9-8-18-16(24)12(17)10-11(20)4-2-3-5-15(23)26-19-13(21)6-7-14(19)22/h10H,2-9H2,1H3,(H,18,24)/b12-10+. The third kappa shape index (κ3) is 7.87. The Kier molecular flexibility index (Phi) is 9.74. The fourth-order valence-corrected chi connectivity index (χ4v) is 2.40. The average Bonchev–Trinajstić information content (AvgIpc) is 2.90. The summed E-state index contributed by atoms with van der Waals surface area (Å²) in [6.45, 7) is 0.696. The van der Waals surface area contributed by atoms with E-state index in [2.05, 4.69) is 21.2 Å². The van der Waals surface area contributed by atoms with Gasteiger partial charge in [0.2, 0.25) is 0 Å². The molecule has 1 aliphatic rings. The van der Waals surface area contributed by atoms with Crippen LogP contribution in [0.4, 0.5) is 0 Å². The number of ketones is 1. The Morgan fingerprint density at radius 1 is 1.15 bits per heavy atom. The molecule has 1 fully saturated rings. The number of carbonyl (C=O) groups is 5. The third-order valence-corrected chi connectivity index (χ3v) is 3.94. The maximum Gasteiger partial charge on any atom is 0.333 e. The number of hydrogen-bond donors (Lipinski definition) is 1. The molecule has 0 aromatic rings. The molecule has 0 spiro atoms. The number of imide groups is 1. The van der Waals surface area contributed by atoms with E-state index in [0.717, 1.165) is 0 Å². The number of ether oxygens (including phenoxy) is 1. The molecule has 1 heterocycles. The van der Waals surface area contributed by atoms with Gasteiger partial charge >= 0.3 is 5.97 Å². The Bertz CT molecular complexity index is 587. The zero-order chi connectivity index (χ0) is 19.5. The van der Waals surface area contributed by atoms with Crippen molar-refractivity contribution in [3.63, 3.8) is 0 Å². The molecule has 0 saturated carbocycles. The van der Waals surface area contributed by atoms with Crippen molar-refractivity contribution < 1.29 is 33.5 Å². The first kappa shape index (κ1) is 22.0. The Hall–Kier alpha value is -2.07. The van der Waals surface area contributed by atoms with Gasteiger partial charge in [0.25, 0.3) is 17.7 Å². The van der Waals surface area contributed by atoms with E-state index in [-0.39, 0.29) is 35.9 Å². The summed E-state index contributed by atoms with van der Waals surface area (Å²) in [5.74, 6) is -2.44. The minimum absolute atomic E-state index is 0.0211. The van der Waals surface area contributed by atoms with Crippen LogP contribution in [-0.2, 0) is 33.5 Å². The van der Waals surface area contributed by atoms with Gasteiger partial charge in [-0.05, 0) is 28.8 Å². The quantitative estimate of drug-likeness (QED) is 0.290. The third-order valence-electron chi connectivity index (χ3n) is 3.35. The highest BCUT2D eigenvalue weighted by Gasteiger charge is 2.32. The summed E-state index contributed by atoms with van der Waals surface area (Å²) in [7, 11) is 1.51. The maximum absolute atomic E-state index is 11.8. The molecule has 10 heteroatoms. The number of carbonyl (C=O) groups excluding carboxylic acids is 5. The van der Waals surface area contributed by atoms with E-state index >= 15 is 0 Å². The van der Waals surface area contributed by atoms with Crippen LogP contribution < -0.4 is 5.32 Å². The van der Waals surface area contributed by atoms with Gasteiger partial charge in [0.05, 0.1) is 11.1 Å². The number of nitrogens with zero attached hydrogens (tertiary/aromatic N) is 1. The fourth-order valence-electron chi connectivity index (χ4n) is 2.00. The lowest BCUT2D eigenvalue weighted by Gasteiger charge is -2.12. The van der Waals surface area contributed by atoms with Crippen LogP contribution in [0.15, 0.2) is 10.6 Å². The largest absolute Gasteiger partial charge is 0.383 e. The summed E-state index contributed by atoms with van der Waals surface area (Å²) in [4.78, 5) is 62.3. The van der Waals surface area contributed by atoms with Crippen LogP contribution in [0.1, 0.15) is 38.5 Å². The number of hydrogen-bond acceptors (Lipinski definition) is 7. The molecule has 1 N–H and O–H groups in total. The molecule has 0 aliphatic carbocycles. The number of hydroxylamine groups is 2. The molecular formula is C16H21BrN2O7. The van der Waals surface area contributed by atoms with E-state index < -0.39 is 23.7 Å². The van der Waals surface area contributed by atoms with Crippen LogP contribution in [0.3, 0.4) is 0 Å². The lowest BCUT2D eigenvalue weighted by atomic mass is 10.1. The first-order chi connectivity index (χ1) is 12.3. The van der Waals surface area contributed by atoms with Gasteiger partial charge in [-0.15, -0.1) is 5.06 Å². The van der Waals surface area contributed by atoms with Crippen molar-refractivity contribution in [1.29, 1.82) is 0 Å². The highest BCUT2D eigenvalue weighted by atomic mass is 79.9. The molecule has 1 saturated heterocycles. The zero-order valence-corrected chi connectivity index (χ0v) is 16.0. The molecule has 0 unspecified atom stereocenters. The van der Waals surface area contributed by atoms with Gasteiger partial charge in [0, 0.05) is 45.4 Å². The van der Waals surface area contributed by atoms with Gasteiger partial charge in [0.1, 0.15) is 0 Å². The van der Waals surface area contributed by atoms with Crippen LogP contribution in [0.5, 0.6) is 0 Å². The molecule has 0 bridgehead atoms. The molecular weight excluding hydrogens is 412 g/mol. The maximum atomic E-state index is 11.8. The van der Waals surface area contributed by atoms with Crippen LogP contribution in [0.2, 0.25) is 0 Å². The lowest BCUT2D eigenvalue weighted by Crippen LogP contribution is -2.31. The topological polar surface area (TPSA) is 119 Å². The van der Waals surface area contributed by atoms with Gasteiger partial charge in [-0.25, -0.2) is 4.79 Å². The molecule has 0 atom stereocenters. The van der Waals surface area contributed by atoms with Crippen LogP contribution >= 0.6 is 15.9 Å². The molecule has 0 aromatic heterocycles.